The minimum atomic E-state index is -0.497. The lowest BCUT2D eigenvalue weighted by atomic mass is 9.89. The molecule has 4 rings (SSSR count). The standard InChI is InChI=1S/C26H25N3O3/c1-18-12-13-23-21(16-18)25(20-10-5-6-11-22(20)28-23)26(31)32-17-24(30)29(15-7-14-27)19-8-3-2-4-9-19/h2-4,8-9,12-13,16H,5-7,10-11,15,17H2,1H3. The number of benzene rings is 2. The first-order valence-electron chi connectivity index (χ1n) is 10.9. The first-order chi connectivity index (χ1) is 15.6. The lowest BCUT2D eigenvalue weighted by Crippen LogP contribution is -2.35. The molecule has 0 spiro atoms. The predicted octanol–water partition coefficient (Wildman–Crippen LogP) is 4.53. The van der Waals surface area contributed by atoms with Gasteiger partial charge in [0.2, 0.25) is 0 Å². The predicted molar refractivity (Wildman–Crippen MR) is 122 cm³/mol. The van der Waals surface area contributed by atoms with E-state index < -0.39 is 5.97 Å². The summed E-state index contributed by atoms with van der Waals surface area (Å²) < 4.78 is 5.55. The number of amides is 1. The molecule has 0 radical (unpaired) electrons. The zero-order valence-electron chi connectivity index (χ0n) is 18.1. The number of nitrogens with zero attached hydrogens (tertiary/aromatic N) is 3. The molecule has 6 nitrogen and oxygen atoms in total. The van der Waals surface area contributed by atoms with Crippen LogP contribution < -0.4 is 4.90 Å². The molecule has 162 valence electrons. The monoisotopic (exact) mass is 427 g/mol. The third kappa shape index (κ3) is 4.47. The van der Waals surface area contributed by atoms with E-state index in [1.54, 1.807) is 12.1 Å². The van der Waals surface area contributed by atoms with Crippen molar-refractivity contribution in [3.8, 4) is 6.07 Å². The number of carbonyl (C=O) groups excluding carboxylic acids is 2. The van der Waals surface area contributed by atoms with Gasteiger partial charge < -0.3 is 9.64 Å². The number of aryl methyl sites for hydroxylation is 2. The number of aromatic nitrogens is 1. The quantitative estimate of drug-likeness (QED) is 0.540. The topological polar surface area (TPSA) is 83.3 Å². The molecule has 0 unspecified atom stereocenters. The average Bonchev–Trinajstić information content (AvgIpc) is 2.82. The Morgan fingerprint density at radius 3 is 2.69 bits per heavy atom. The number of fused-ring (bicyclic) bond motifs is 2. The van der Waals surface area contributed by atoms with Gasteiger partial charge in [-0.05, 0) is 62.4 Å². The molecule has 1 aliphatic rings. The van der Waals surface area contributed by atoms with Gasteiger partial charge in [-0.15, -0.1) is 0 Å². The normalized spacial score (nSPS) is 12.6. The van der Waals surface area contributed by atoms with Crippen LogP contribution in [0.25, 0.3) is 10.9 Å². The van der Waals surface area contributed by atoms with E-state index in [2.05, 4.69) is 6.07 Å². The van der Waals surface area contributed by atoms with E-state index in [0.29, 0.717) is 11.3 Å². The molecule has 3 aromatic rings. The van der Waals surface area contributed by atoms with E-state index in [-0.39, 0.29) is 25.5 Å². The lowest BCUT2D eigenvalue weighted by Gasteiger charge is -2.23. The molecular formula is C26H25N3O3. The number of rotatable bonds is 6. The lowest BCUT2D eigenvalue weighted by molar-refractivity contribution is -0.121. The molecule has 6 heteroatoms. The van der Waals surface area contributed by atoms with Gasteiger partial charge in [-0.2, -0.15) is 5.26 Å². The molecular weight excluding hydrogens is 402 g/mol. The second kappa shape index (κ2) is 9.61. The maximum atomic E-state index is 13.2. The largest absolute Gasteiger partial charge is 0.452 e. The second-order valence-corrected chi connectivity index (χ2v) is 8.00. The van der Waals surface area contributed by atoms with E-state index in [4.69, 9.17) is 15.0 Å². The molecule has 0 bridgehead atoms. The van der Waals surface area contributed by atoms with Gasteiger partial charge >= 0.3 is 5.97 Å². The van der Waals surface area contributed by atoms with Crippen molar-refractivity contribution >= 4 is 28.5 Å². The molecule has 0 aliphatic heterocycles. The molecule has 1 amide bonds. The Bertz CT molecular complexity index is 1200. The minimum Gasteiger partial charge on any atom is -0.452 e. The van der Waals surface area contributed by atoms with E-state index in [0.717, 1.165) is 53.4 Å². The summed E-state index contributed by atoms with van der Waals surface area (Å²) in [5.74, 6) is -0.856. The van der Waals surface area contributed by atoms with Gasteiger partial charge in [-0.1, -0.05) is 29.8 Å². The Labute approximate surface area is 187 Å². The minimum absolute atomic E-state index is 0.191. The maximum Gasteiger partial charge on any atom is 0.339 e. The smallest absolute Gasteiger partial charge is 0.339 e. The van der Waals surface area contributed by atoms with Crippen molar-refractivity contribution in [2.45, 2.75) is 39.0 Å². The summed E-state index contributed by atoms with van der Waals surface area (Å²) in [6, 6.07) is 17.0. The van der Waals surface area contributed by atoms with Crippen molar-refractivity contribution in [3.05, 3.63) is 70.9 Å². The van der Waals surface area contributed by atoms with Gasteiger partial charge in [0.25, 0.3) is 5.91 Å². The highest BCUT2D eigenvalue weighted by atomic mass is 16.5. The summed E-state index contributed by atoms with van der Waals surface area (Å²) in [5, 5.41) is 9.74. The molecule has 1 heterocycles. The van der Waals surface area contributed by atoms with Crippen molar-refractivity contribution < 1.29 is 14.3 Å². The molecule has 0 atom stereocenters. The molecule has 32 heavy (non-hydrogen) atoms. The van der Waals surface area contributed by atoms with Crippen LogP contribution in [0, 0.1) is 18.3 Å². The van der Waals surface area contributed by atoms with Gasteiger partial charge in [0.15, 0.2) is 6.61 Å². The highest BCUT2D eigenvalue weighted by Crippen LogP contribution is 2.30. The van der Waals surface area contributed by atoms with Gasteiger partial charge in [0, 0.05) is 23.3 Å². The molecule has 1 aliphatic carbocycles. The number of hydrogen-bond donors (Lipinski definition) is 0. The highest BCUT2D eigenvalue weighted by molar-refractivity contribution is 6.06. The van der Waals surface area contributed by atoms with Gasteiger partial charge in [-0.25, -0.2) is 4.79 Å². The van der Waals surface area contributed by atoms with Crippen LogP contribution in [0.1, 0.15) is 46.4 Å². The summed E-state index contributed by atoms with van der Waals surface area (Å²) in [4.78, 5) is 32.4. The van der Waals surface area contributed by atoms with Crippen LogP contribution in [0.5, 0.6) is 0 Å². The molecule has 2 aromatic carbocycles. The fourth-order valence-electron chi connectivity index (χ4n) is 4.22. The molecule has 0 N–H and O–H groups in total. The molecule has 0 saturated heterocycles. The Kier molecular flexibility index (Phi) is 6.46. The van der Waals surface area contributed by atoms with Crippen molar-refractivity contribution in [3.63, 3.8) is 0 Å². The SMILES string of the molecule is Cc1ccc2nc3c(c(C(=O)OCC(=O)N(CCC#N)c4ccccc4)c2c1)CCCC3. The van der Waals surface area contributed by atoms with E-state index >= 15 is 0 Å². The van der Waals surface area contributed by atoms with Crippen LogP contribution in [-0.4, -0.2) is 30.0 Å². The van der Waals surface area contributed by atoms with Crippen molar-refractivity contribution in [2.24, 2.45) is 0 Å². The summed E-state index contributed by atoms with van der Waals surface area (Å²) in [5.41, 5.74) is 4.90. The zero-order chi connectivity index (χ0) is 22.5. The Balaban J connectivity index is 1.60. The first kappa shape index (κ1) is 21.5. The zero-order valence-corrected chi connectivity index (χ0v) is 18.1. The number of nitriles is 1. The third-order valence-corrected chi connectivity index (χ3v) is 5.76. The van der Waals surface area contributed by atoms with Crippen molar-refractivity contribution in [2.75, 3.05) is 18.1 Å². The number of ether oxygens (including phenoxy) is 1. The van der Waals surface area contributed by atoms with Crippen molar-refractivity contribution in [1.82, 2.24) is 4.98 Å². The van der Waals surface area contributed by atoms with Crippen LogP contribution in [0.3, 0.4) is 0 Å². The Hall–Kier alpha value is -3.72. The number of anilines is 1. The number of hydrogen-bond acceptors (Lipinski definition) is 5. The summed E-state index contributed by atoms with van der Waals surface area (Å²) in [6.07, 6.45) is 3.87. The second-order valence-electron chi connectivity index (χ2n) is 8.00. The van der Waals surface area contributed by atoms with Crippen LogP contribution in [0.4, 0.5) is 5.69 Å². The fraction of sp³-hybridized carbons (Fsp3) is 0.308. The number of carbonyl (C=O) groups is 2. The van der Waals surface area contributed by atoms with E-state index in [1.165, 1.54) is 4.90 Å². The summed E-state index contributed by atoms with van der Waals surface area (Å²) >= 11 is 0. The third-order valence-electron chi connectivity index (χ3n) is 5.76. The van der Waals surface area contributed by atoms with Gasteiger partial charge in [-0.3, -0.25) is 9.78 Å². The van der Waals surface area contributed by atoms with E-state index in [9.17, 15) is 9.59 Å². The first-order valence-corrected chi connectivity index (χ1v) is 10.9. The highest BCUT2D eigenvalue weighted by Gasteiger charge is 2.25. The average molecular weight is 428 g/mol. The van der Waals surface area contributed by atoms with Crippen LogP contribution in [0.15, 0.2) is 48.5 Å². The molecule has 0 fully saturated rings. The summed E-state index contributed by atoms with van der Waals surface area (Å²) in [7, 11) is 0. The Morgan fingerprint density at radius 2 is 1.91 bits per heavy atom. The summed E-state index contributed by atoms with van der Waals surface area (Å²) in [6.45, 7) is 1.83. The van der Waals surface area contributed by atoms with Crippen LogP contribution in [0.2, 0.25) is 0 Å². The van der Waals surface area contributed by atoms with Crippen LogP contribution in [-0.2, 0) is 22.4 Å². The maximum absolute atomic E-state index is 13.2. The van der Waals surface area contributed by atoms with Crippen molar-refractivity contribution in [1.29, 1.82) is 5.26 Å². The fourth-order valence-corrected chi connectivity index (χ4v) is 4.22. The number of pyridine rings is 1. The van der Waals surface area contributed by atoms with Crippen LogP contribution >= 0.6 is 0 Å². The Morgan fingerprint density at radius 1 is 1.12 bits per heavy atom. The van der Waals surface area contributed by atoms with Gasteiger partial charge in [0.05, 0.1) is 23.6 Å². The molecule has 0 saturated carbocycles. The number of para-hydroxylation sites is 1. The van der Waals surface area contributed by atoms with Gasteiger partial charge in [0.1, 0.15) is 0 Å². The number of esters is 1. The molecule has 1 aromatic heterocycles. The van der Waals surface area contributed by atoms with E-state index in [1.807, 2.05) is 43.3 Å².